The van der Waals surface area contributed by atoms with E-state index in [-0.39, 0.29) is 0 Å². The highest BCUT2D eigenvalue weighted by atomic mass is 79.9. The smallest absolute Gasteiger partial charge is 0.0251 e. The summed E-state index contributed by atoms with van der Waals surface area (Å²) in [5.74, 6) is 0.953. The number of hydrogen-bond donors (Lipinski definition) is 0. The van der Waals surface area contributed by atoms with Crippen molar-refractivity contribution in [3.05, 3.63) is 28.7 Å². The predicted molar refractivity (Wildman–Crippen MR) is 73.0 cm³/mol. The fourth-order valence-electron chi connectivity index (χ4n) is 2.76. The number of rotatable bonds is 2. The lowest BCUT2D eigenvalue weighted by atomic mass is 9.88. The van der Waals surface area contributed by atoms with Gasteiger partial charge in [-0.05, 0) is 50.0 Å². The van der Waals surface area contributed by atoms with Crippen molar-refractivity contribution in [2.75, 3.05) is 19.6 Å². The van der Waals surface area contributed by atoms with Crippen LogP contribution >= 0.6 is 27.7 Å². The molecule has 0 saturated carbocycles. The number of piperidine rings is 3. The highest BCUT2D eigenvalue weighted by molar-refractivity contribution is 9.10. The Kier molecular flexibility index (Phi) is 3.27. The third-order valence-electron chi connectivity index (χ3n) is 3.68. The van der Waals surface area contributed by atoms with Gasteiger partial charge in [0.2, 0.25) is 0 Å². The maximum atomic E-state index is 3.54. The van der Waals surface area contributed by atoms with Crippen molar-refractivity contribution in [2.45, 2.75) is 23.0 Å². The van der Waals surface area contributed by atoms with Crippen molar-refractivity contribution in [1.29, 1.82) is 0 Å². The summed E-state index contributed by atoms with van der Waals surface area (Å²) in [5, 5.41) is 0.816. The van der Waals surface area contributed by atoms with Gasteiger partial charge < -0.3 is 4.90 Å². The van der Waals surface area contributed by atoms with Crippen LogP contribution in [0.2, 0.25) is 0 Å². The lowest BCUT2D eigenvalue weighted by Crippen LogP contribution is -2.48. The molecule has 0 amide bonds. The van der Waals surface area contributed by atoms with Gasteiger partial charge in [0.25, 0.3) is 0 Å². The normalized spacial score (nSPS) is 32.9. The zero-order valence-corrected chi connectivity index (χ0v) is 11.6. The fourth-order valence-corrected chi connectivity index (χ4v) is 4.76. The minimum Gasteiger partial charge on any atom is -0.302 e. The molecule has 3 fully saturated rings. The van der Waals surface area contributed by atoms with Gasteiger partial charge in [-0.25, -0.2) is 0 Å². The van der Waals surface area contributed by atoms with E-state index in [1.165, 1.54) is 41.8 Å². The Morgan fingerprint density at radius 2 is 2.06 bits per heavy atom. The van der Waals surface area contributed by atoms with Crippen LogP contribution in [-0.2, 0) is 0 Å². The molecule has 3 aliphatic rings. The zero-order chi connectivity index (χ0) is 11.0. The molecular weight excluding hydrogens is 282 g/mol. The summed E-state index contributed by atoms with van der Waals surface area (Å²) in [6.07, 6.45) is 2.82. The molecule has 0 N–H and O–H groups in total. The SMILES string of the molecule is Brc1cccc(SC2CN3CCC2CC3)c1. The first kappa shape index (κ1) is 11.1. The summed E-state index contributed by atoms with van der Waals surface area (Å²) in [7, 11) is 0. The molecule has 4 rings (SSSR count). The Labute approximate surface area is 110 Å². The standard InChI is InChI=1S/C13H16BrNS/c14-11-2-1-3-12(8-11)16-13-9-15-6-4-10(13)5-7-15/h1-3,8,10,13H,4-7,9H2. The molecule has 0 aromatic heterocycles. The summed E-state index contributed by atoms with van der Waals surface area (Å²) in [5.41, 5.74) is 0. The van der Waals surface area contributed by atoms with Crippen LogP contribution in [-0.4, -0.2) is 29.8 Å². The van der Waals surface area contributed by atoms with E-state index in [0.29, 0.717) is 0 Å². The largest absolute Gasteiger partial charge is 0.302 e. The molecule has 86 valence electrons. The van der Waals surface area contributed by atoms with E-state index >= 15 is 0 Å². The Hall–Kier alpha value is 0.01000. The van der Waals surface area contributed by atoms with Gasteiger partial charge in [0.15, 0.2) is 0 Å². The first-order valence-electron chi connectivity index (χ1n) is 5.96. The molecule has 1 nitrogen and oxygen atoms in total. The Morgan fingerprint density at radius 1 is 1.25 bits per heavy atom. The molecule has 3 heterocycles. The first-order chi connectivity index (χ1) is 7.81. The Morgan fingerprint density at radius 3 is 2.69 bits per heavy atom. The van der Waals surface area contributed by atoms with E-state index in [0.717, 1.165) is 11.2 Å². The molecule has 3 heteroatoms. The van der Waals surface area contributed by atoms with E-state index < -0.39 is 0 Å². The van der Waals surface area contributed by atoms with Crippen LogP contribution in [0.25, 0.3) is 0 Å². The second-order valence-corrected chi connectivity index (χ2v) is 6.98. The molecule has 0 radical (unpaired) electrons. The molecule has 0 aliphatic carbocycles. The summed E-state index contributed by atoms with van der Waals surface area (Å²) in [6, 6.07) is 8.70. The van der Waals surface area contributed by atoms with Crippen LogP contribution in [0.15, 0.2) is 33.6 Å². The molecule has 1 aromatic rings. The minimum absolute atomic E-state index is 0.816. The average Bonchev–Trinajstić information content (AvgIpc) is 2.30. The van der Waals surface area contributed by atoms with Crippen LogP contribution < -0.4 is 0 Å². The van der Waals surface area contributed by atoms with E-state index in [1.54, 1.807) is 0 Å². The van der Waals surface area contributed by atoms with Crippen molar-refractivity contribution >= 4 is 27.7 Å². The number of thioether (sulfide) groups is 1. The maximum Gasteiger partial charge on any atom is 0.0251 e. The highest BCUT2D eigenvalue weighted by Gasteiger charge is 2.34. The van der Waals surface area contributed by atoms with Crippen molar-refractivity contribution in [2.24, 2.45) is 5.92 Å². The molecule has 3 saturated heterocycles. The quantitative estimate of drug-likeness (QED) is 0.820. The van der Waals surface area contributed by atoms with Gasteiger partial charge in [0.1, 0.15) is 0 Å². The summed E-state index contributed by atoms with van der Waals surface area (Å²) in [6.45, 7) is 3.96. The molecule has 2 bridgehead atoms. The van der Waals surface area contributed by atoms with Gasteiger partial charge in [-0.3, -0.25) is 0 Å². The molecule has 3 aliphatic heterocycles. The minimum atomic E-state index is 0.816. The molecule has 1 aromatic carbocycles. The van der Waals surface area contributed by atoms with Crippen LogP contribution in [0.3, 0.4) is 0 Å². The van der Waals surface area contributed by atoms with Crippen LogP contribution in [0.4, 0.5) is 0 Å². The van der Waals surface area contributed by atoms with Gasteiger partial charge in [-0.15, -0.1) is 11.8 Å². The third-order valence-corrected chi connectivity index (χ3v) is 5.54. The molecule has 0 spiro atoms. The van der Waals surface area contributed by atoms with Crippen molar-refractivity contribution in [1.82, 2.24) is 4.90 Å². The van der Waals surface area contributed by atoms with Crippen molar-refractivity contribution < 1.29 is 0 Å². The fraction of sp³-hybridized carbons (Fsp3) is 0.538. The molecule has 1 unspecified atom stereocenters. The van der Waals surface area contributed by atoms with E-state index in [4.69, 9.17) is 0 Å². The van der Waals surface area contributed by atoms with Crippen molar-refractivity contribution in [3.8, 4) is 0 Å². The molecular formula is C13H16BrNS. The summed E-state index contributed by atoms with van der Waals surface area (Å²) < 4.78 is 1.19. The van der Waals surface area contributed by atoms with E-state index in [2.05, 4.69) is 56.9 Å². The van der Waals surface area contributed by atoms with Gasteiger partial charge in [0.05, 0.1) is 0 Å². The summed E-state index contributed by atoms with van der Waals surface area (Å²) >= 11 is 5.61. The average molecular weight is 298 g/mol. The third kappa shape index (κ3) is 2.31. The number of nitrogens with zero attached hydrogens (tertiary/aromatic N) is 1. The predicted octanol–water partition coefficient (Wildman–Crippen LogP) is 3.64. The zero-order valence-electron chi connectivity index (χ0n) is 9.23. The maximum absolute atomic E-state index is 3.54. The van der Waals surface area contributed by atoms with Gasteiger partial charge in [0, 0.05) is 21.2 Å². The first-order valence-corrected chi connectivity index (χ1v) is 7.63. The topological polar surface area (TPSA) is 3.24 Å². The summed E-state index contributed by atoms with van der Waals surface area (Å²) in [4.78, 5) is 4.03. The van der Waals surface area contributed by atoms with Gasteiger partial charge in [-0.1, -0.05) is 22.0 Å². The van der Waals surface area contributed by atoms with Crippen LogP contribution in [0.1, 0.15) is 12.8 Å². The molecule has 1 atom stereocenters. The van der Waals surface area contributed by atoms with Gasteiger partial charge >= 0.3 is 0 Å². The van der Waals surface area contributed by atoms with E-state index in [1.807, 2.05) is 0 Å². The lowest BCUT2D eigenvalue weighted by Gasteiger charge is -2.44. The second kappa shape index (κ2) is 4.71. The number of hydrogen-bond acceptors (Lipinski definition) is 2. The van der Waals surface area contributed by atoms with E-state index in [9.17, 15) is 0 Å². The monoisotopic (exact) mass is 297 g/mol. The lowest BCUT2D eigenvalue weighted by molar-refractivity contribution is 0.118. The Balaban J connectivity index is 1.71. The number of benzene rings is 1. The number of fused-ring (bicyclic) bond motifs is 3. The Bertz CT molecular complexity index is 374. The molecule has 16 heavy (non-hydrogen) atoms. The van der Waals surface area contributed by atoms with Crippen LogP contribution in [0, 0.1) is 5.92 Å². The number of halogens is 1. The van der Waals surface area contributed by atoms with Gasteiger partial charge in [-0.2, -0.15) is 0 Å². The highest BCUT2D eigenvalue weighted by Crippen LogP contribution is 2.38. The van der Waals surface area contributed by atoms with Crippen molar-refractivity contribution in [3.63, 3.8) is 0 Å². The second-order valence-electron chi connectivity index (χ2n) is 4.75. The van der Waals surface area contributed by atoms with Crippen LogP contribution in [0.5, 0.6) is 0 Å².